The maximum atomic E-state index is 13.5. The van der Waals surface area contributed by atoms with Gasteiger partial charge in [-0.2, -0.15) is 26.3 Å². The minimum absolute atomic E-state index is 0.00655. The number of alkyl halides is 6. The number of nitrogens with zero attached hydrogens (tertiary/aromatic N) is 4. The molecule has 4 N–H and O–H groups in total. The molecular weight excluding hydrogens is 600 g/mol. The van der Waals surface area contributed by atoms with Gasteiger partial charge in [0.2, 0.25) is 5.88 Å². The van der Waals surface area contributed by atoms with E-state index in [0.29, 0.717) is 12.1 Å². The predicted octanol–water partition coefficient (Wildman–Crippen LogP) is 5.61. The van der Waals surface area contributed by atoms with Crippen LogP contribution in [0.1, 0.15) is 71.6 Å². The number of carboxylic acid groups (broad SMARTS) is 2. The summed E-state index contributed by atoms with van der Waals surface area (Å²) < 4.78 is 86.4. The van der Waals surface area contributed by atoms with E-state index < -0.39 is 60.0 Å². The molecule has 0 spiro atoms. The molecule has 0 radical (unpaired) electrons. The Kier molecular flexibility index (Phi) is 8.77. The first kappa shape index (κ1) is 32.4. The van der Waals surface area contributed by atoms with Gasteiger partial charge in [-0.15, -0.1) is 0 Å². The van der Waals surface area contributed by atoms with Crippen LogP contribution in [-0.2, 0) is 30.0 Å². The van der Waals surface area contributed by atoms with Crippen molar-refractivity contribution in [1.29, 1.82) is 0 Å². The number of rotatable bonds is 8. The highest BCUT2D eigenvalue weighted by molar-refractivity contribution is 5.89. The van der Waals surface area contributed by atoms with Crippen molar-refractivity contribution in [1.82, 2.24) is 15.0 Å². The van der Waals surface area contributed by atoms with E-state index in [1.165, 1.54) is 25.4 Å². The number of nitrogens with two attached hydrogens (primary N) is 1. The van der Waals surface area contributed by atoms with Gasteiger partial charge in [-0.05, 0) is 54.7 Å². The second kappa shape index (κ2) is 11.9. The molecule has 2 atom stereocenters. The van der Waals surface area contributed by atoms with Gasteiger partial charge in [0.1, 0.15) is 11.5 Å². The Morgan fingerprint density at radius 3 is 2.23 bits per heavy atom. The largest absolute Gasteiger partial charge is 0.481 e. The zero-order valence-corrected chi connectivity index (χ0v) is 23.3. The smallest absolute Gasteiger partial charge is 0.416 e. The second-order valence-corrected chi connectivity index (χ2v) is 10.3. The molecule has 4 rings (SSSR count). The molecule has 236 valence electrons. The number of halogens is 6. The van der Waals surface area contributed by atoms with E-state index in [9.17, 15) is 46.1 Å². The van der Waals surface area contributed by atoms with Crippen LogP contribution in [0, 0.1) is 0 Å². The van der Waals surface area contributed by atoms with E-state index in [0.717, 1.165) is 4.90 Å². The summed E-state index contributed by atoms with van der Waals surface area (Å²) >= 11 is 0. The number of pyridine rings is 1. The van der Waals surface area contributed by atoms with Crippen LogP contribution in [0.2, 0.25) is 0 Å². The van der Waals surface area contributed by atoms with Crippen LogP contribution in [0.15, 0.2) is 36.5 Å². The lowest BCUT2D eigenvalue weighted by Gasteiger charge is -2.45. The van der Waals surface area contributed by atoms with Gasteiger partial charge in [0, 0.05) is 25.1 Å². The summed E-state index contributed by atoms with van der Waals surface area (Å²) in [5.74, 6) is -1.93. The molecule has 0 unspecified atom stereocenters. The van der Waals surface area contributed by atoms with Crippen LogP contribution in [0.25, 0.3) is 0 Å². The number of carbonyl (C=O) groups is 2. The highest BCUT2D eigenvalue weighted by Gasteiger charge is 2.47. The van der Waals surface area contributed by atoms with Crippen LogP contribution in [-0.4, -0.2) is 50.0 Å². The van der Waals surface area contributed by atoms with E-state index in [1.54, 1.807) is 6.92 Å². The number of fused-ring (bicyclic) bond motifs is 1. The predicted molar refractivity (Wildman–Crippen MR) is 142 cm³/mol. The fraction of sp³-hybridized carbons (Fsp3) is 0.393. The number of aromatic nitrogens is 3. The van der Waals surface area contributed by atoms with Crippen LogP contribution in [0.3, 0.4) is 0 Å². The van der Waals surface area contributed by atoms with Gasteiger partial charge in [0.15, 0.2) is 0 Å². The lowest BCUT2D eigenvalue weighted by Crippen LogP contribution is -2.61. The highest BCUT2D eigenvalue weighted by Crippen LogP contribution is 2.45. The molecule has 1 aliphatic heterocycles. The minimum Gasteiger partial charge on any atom is -0.481 e. The number of hydrogen-bond donors (Lipinski definition) is 3. The van der Waals surface area contributed by atoms with Crippen molar-refractivity contribution in [3.8, 4) is 5.88 Å². The van der Waals surface area contributed by atoms with E-state index in [1.807, 2.05) is 0 Å². The Labute approximate surface area is 246 Å². The maximum Gasteiger partial charge on any atom is 0.416 e. The Hall–Kier alpha value is -4.47. The number of ether oxygens (including phenoxy) is 1. The molecule has 3 aromatic rings. The van der Waals surface area contributed by atoms with Gasteiger partial charge in [-0.1, -0.05) is 6.92 Å². The summed E-state index contributed by atoms with van der Waals surface area (Å²) in [4.78, 5) is 37.8. The average molecular weight is 628 g/mol. The van der Waals surface area contributed by atoms with Crippen LogP contribution < -0.4 is 15.4 Å². The van der Waals surface area contributed by atoms with Crippen molar-refractivity contribution in [2.45, 2.75) is 63.0 Å². The van der Waals surface area contributed by atoms with Gasteiger partial charge >= 0.3 is 24.4 Å². The van der Waals surface area contributed by atoms with Gasteiger partial charge in [0.05, 0.1) is 41.2 Å². The first-order valence-corrected chi connectivity index (χ1v) is 13.2. The molecule has 10 nitrogen and oxygen atoms in total. The summed E-state index contributed by atoms with van der Waals surface area (Å²) in [5.41, 5.74) is 2.18. The van der Waals surface area contributed by atoms with Crippen molar-refractivity contribution >= 4 is 17.7 Å². The topological polar surface area (TPSA) is 152 Å². The normalized spacial score (nSPS) is 18.6. The van der Waals surface area contributed by atoms with E-state index in [2.05, 4.69) is 15.0 Å². The van der Waals surface area contributed by atoms with Crippen LogP contribution in [0.4, 0.5) is 36.8 Å². The lowest BCUT2D eigenvalue weighted by molar-refractivity contribution is -0.143. The molecule has 3 heterocycles. The van der Waals surface area contributed by atoms with Crippen molar-refractivity contribution in [3.63, 3.8) is 0 Å². The van der Waals surface area contributed by atoms with E-state index in [4.69, 9.17) is 10.5 Å². The van der Waals surface area contributed by atoms with Gasteiger partial charge in [0.25, 0.3) is 0 Å². The zero-order chi connectivity index (χ0) is 32.6. The molecule has 1 amide bonds. The quantitative estimate of drug-likeness (QED) is 0.271. The fourth-order valence-corrected chi connectivity index (χ4v) is 5.14. The summed E-state index contributed by atoms with van der Waals surface area (Å²) in [6.45, 7) is 1.67. The Morgan fingerprint density at radius 1 is 1.07 bits per heavy atom. The Balaban J connectivity index is 1.89. The average Bonchev–Trinajstić information content (AvgIpc) is 2.94. The standard InChI is InChI=1S/C28H27F6N5O5/c1-3-26(35)12-18(23-20(39(26)25(42)43)5-6-21(38-23)44-2)24-36-13-15(4-7-22(40)41)19(37-24)10-14-8-16(27(29,30)31)11-17(9-14)28(32,33)34/h5-6,8-9,11,13,18H,3-4,7,10,12,35H2,1-2H3,(H,40,41)(H,42,43)/t18-,26+/m0/s1. The number of benzene rings is 1. The molecule has 1 aliphatic rings. The molecule has 1 aromatic carbocycles. The van der Waals surface area contributed by atoms with E-state index >= 15 is 0 Å². The number of aliphatic carboxylic acids is 1. The minimum atomic E-state index is -5.07. The molecule has 44 heavy (non-hydrogen) atoms. The molecular formula is C28H27F6N5O5. The summed E-state index contributed by atoms with van der Waals surface area (Å²) in [5, 5.41) is 19.2. The number of amides is 1. The van der Waals surface area contributed by atoms with Gasteiger partial charge in [-0.3, -0.25) is 9.69 Å². The number of hydrogen-bond acceptors (Lipinski definition) is 7. The Bertz CT molecular complexity index is 1550. The van der Waals surface area contributed by atoms with Crippen molar-refractivity contribution in [2.75, 3.05) is 12.0 Å². The lowest BCUT2D eigenvalue weighted by atomic mass is 9.83. The SMILES string of the molecule is CC[C@]1(N)C[C@H](c2ncc(CCC(=O)O)c(Cc3cc(C(F)(F)F)cc(C(F)(F)F)c3)n2)c2nc(OC)ccc2N1C(=O)O. The van der Waals surface area contributed by atoms with Crippen molar-refractivity contribution in [3.05, 3.63) is 76.0 Å². The zero-order valence-electron chi connectivity index (χ0n) is 23.3. The number of methoxy groups -OCH3 is 1. The number of aryl methyl sites for hydroxylation is 1. The third-order valence-electron chi connectivity index (χ3n) is 7.38. The molecule has 0 bridgehead atoms. The molecule has 16 heteroatoms. The second-order valence-electron chi connectivity index (χ2n) is 10.3. The molecule has 0 saturated heterocycles. The van der Waals surface area contributed by atoms with Crippen LogP contribution in [0.5, 0.6) is 5.88 Å². The molecule has 0 fully saturated rings. The van der Waals surface area contributed by atoms with E-state index in [-0.39, 0.29) is 65.2 Å². The van der Waals surface area contributed by atoms with Gasteiger partial charge in [-0.25, -0.2) is 19.7 Å². The van der Waals surface area contributed by atoms with Gasteiger partial charge < -0.3 is 20.7 Å². The first-order valence-electron chi connectivity index (χ1n) is 13.2. The number of anilines is 1. The third kappa shape index (κ3) is 6.69. The Morgan fingerprint density at radius 2 is 1.70 bits per heavy atom. The summed E-state index contributed by atoms with van der Waals surface area (Å²) in [6.07, 6.45) is -11.3. The first-order chi connectivity index (χ1) is 20.5. The summed E-state index contributed by atoms with van der Waals surface area (Å²) in [6, 6.07) is 4.04. The van der Waals surface area contributed by atoms with Crippen molar-refractivity contribution in [2.24, 2.45) is 5.73 Å². The highest BCUT2D eigenvalue weighted by atomic mass is 19.4. The maximum absolute atomic E-state index is 13.5. The number of carboxylic acids is 1. The third-order valence-corrected chi connectivity index (χ3v) is 7.38. The van der Waals surface area contributed by atoms with Crippen LogP contribution >= 0.6 is 0 Å². The van der Waals surface area contributed by atoms with Crippen molar-refractivity contribution < 1.29 is 50.9 Å². The summed E-state index contributed by atoms with van der Waals surface area (Å²) in [7, 11) is 1.34. The molecule has 0 saturated carbocycles. The molecule has 0 aliphatic carbocycles. The fourth-order valence-electron chi connectivity index (χ4n) is 5.14. The monoisotopic (exact) mass is 627 g/mol. The molecule has 2 aromatic heterocycles.